The molecule has 0 aliphatic carbocycles. The molecule has 0 spiro atoms. The Morgan fingerprint density at radius 2 is 1.96 bits per heavy atom. The van der Waals surface area contributed by atoms with E-state index in [2.05, 4.69) is 21.7 Å². The zero-order valence-corrected chi connectivity index (χ0v) is 15.7. The molecule has 1 aliphatic rings. The Bertz CT molecular complexity index is 957. The third kappa shape index (κ3) is 4.06. The number of nitrogens with zero attached hydrogens (tertiary/aromatic N) is 3. The van der Waals surface area contributed by atoms with Gasteiger partial charge in [0.2, 0.25) is 5.96 Å². The fourth-order valence-electron chi connectivity index (χ4n) is 3.10. The first-order valence-corrected chi connectivity index (χ1v) is 8.86. The fourth-order valence-corrected chi connectivity index (χ4v) is 3.10. The maximum Gasteiger partial charge on any atom is 0.205 e. The van der Waals surface area contributed by atoms with Crippen molar-refractivity contribution in [2.45, 2.75) is 38.1 Å². The molecule has 0 fully saturated rings. The lowest BCUT2D eigenvalue weighted by molar-refractivity contribution is -0.0611. The first-order valence-electron chi connectivity index (χ1n) is 8.86. The molecule has 0 unspecified atom stereocenters. The molecule has 3 N–H and O–H groups in total. The van der Waals surface area contributed by atoms with Crippen LogP contribution in [0.2, 0.25) is 0 Å². The summed E-state index contributed by atoms with van der Waals surface area (Å²) in [4.78, 5) is 4.43. The molecule has 0 amide bonds. The zero-order chi connectivity index (χ0) is 20.1. The topological polar surface area (TPSA) is 113 Å². The molecule has 0 bridgehead atoms. The van der Waals surface area contributed by atoms with Gasteiger partial charge in [-0.25, -0.2) is 4.99 Å². The van der Waals surface area contributed by atoms with Crippen LogP contribution >= 0.6 is 0 Å². The molecular weight excluding hydrogens is 354 g/mol. The lowest BCUT2D eigenvalue weighted by atomic mass is 9.86. The zero-order valence-electron chi connectivity index (χ0n) is 15.7. The van der Waals surface area contributed by atoms with Gasteiger partial charge in [-0.3, -0.25) is 5.32 Å². The molecule has 1 aliphatic heterocycles. The molecule has 2 aromatic rings. The minimum absolute atomic E-state index is 0.237. The molecule has 1 heterocycles. The highest BCUT2D eigenvalue weighted by molar-refractivity contribution is 5.82. The molecule has 0 aromatic heterocycles. The molecule has 0 radical (unpaired) electrons. The number of ether oxygens (including phenoxy) is 1. The van der Waals surface area contributed by atoms with E-state index in [1.807, 2.05) is 36.5 Å². The summed E-state index contributed by atoms with van der Waals surface area (Å²) in [5.41, 5.74) is 1.22. The summed E-state index contributed by atoms with van der Waals surface area (Å²) in [5, 5.41) is 34.8. The minimum Gasteiger partial charge on any atom is -0.485 e. The van der Waals surface area contributed by atoms with Gasteiger partial charge < -0.3 is 15.2 Å². The van der Waals surface area contributed by atoms with Crippen molar-refractivity contribution >= 4 is 5.96 Å². The van der Waals surface area contributed by atoms with Gasteiger partial charge in [0.1, 0.15) is 17.5 Å². The molecule has 7 nitrogen and oxygen atoms in total. The normalized spacial score (nSPS) is 20.1. The van der Waals surface area contributed by atoms with E-state index in [0.29, 0.717) is 23.4 Å². The Hall–Kier alpha value is -3.55. The number of aliphatic imine (C=N–C) groups is 1. The molecule has 2 aromatic carbocycles. The number of guanidine groups is 1. The van der Waals surface area contributed by atoms with Crippen molar-refractivity contribution in [3.8, 4) is 18.0 Å². The van der Waals surface area contributed by atoms with Gasteiger partial charge in [-0.15, -0.1) is 0 Å². The minimum atomic E-state index is -0.934. The smallest absolute Gasteiger partial charge is 0.205 e. The molecule has 28 heavy (non-hydrogen) atoms. The summed E-state index contributed by atoms with van der Waals surface area (Å²) in [6.45, 7) is 3.93. The number of nitriles is 2. The van der Waals surface area contributed by atoms with Crippen LogP contribution < -0.4 is 15.4 Å². The van der Waals surface area contributed by atoms with Crippen LogP contribution in [-0.2, 0) is 6.54 Å². The average molecular weight is 375 g/mol. The van der Waals surface area contributed by atoms with Crippen molar-refractivity contribution < 1.29 is 9.84 Å². The van der Waals surface area contributed by atoms with Crippen molar-refractivity contribution in [2.75, 3.05) is 0 Å². The number of rotatable bonds is 3. The lowest BCUT2D eigenvalue weighted by Crippen LogP contribution is -2.54. The monoisotopic (exact) mass is 375 g/mol. The van der Waals surface area contributed by atoms with E-state index in [1.165, 1.54) is 0 Å². The van der Waals surface area contributed by atoms with E-state index in [-0.39, 0.29) is 5.96 Å². The van der Waals surface area contributed by atoms with Crippen molar-refractivity contribution in [2.24, 2.45) is 4.99 Å². The second-order valence-electron chi connectivity index (χ2n) is 7.02. The molecule has 2 atom stereocenters. The van der Waals surface area contributed by atoms with E-state index in [1.54, 1.807) is 32.0 Å². The summed E-state index contributed by atoms with van der Waals surface area (Å²) in [6, 6.07) is 16.2. The number of aliphatic hydroxyl groups is 1. The van der Waals surface area contributed by atoms with Gasteiger partial charge in [-0.05, 0) is 37.6 Å². The number of nitrogens with one attached hydrogen (secondary N) is 2. The summed E-state index contributed by atoms with van der Waals surface area (Å²) in [7, 11) is 0. The second kappa shape index (κ2) is 7.99. The predicted molar refractivity (Wildman–Crippen MR) is 104 cm³/mol. The Labute approximate surface area is 163 Å². The summed E-state index contributed by atoms with van der Waals surface area (Å²) in [5.74, 6) is 0.813. The third-order valence-electron chi connectivity index (χ3n) is 4.60. The summed E-state index contributed by atoms with van der Waals surface area (Å²) >= 11 is 0. The number of hydrogen-bond acceptors (Lipinski definition) is 5. The first kappa shape index (κ1) is 19.2. The largest absolute Gasteiger partial charge is 0.485 e. The van der Waals surface area contributed by atoms with Gasteiger partial charge in [-0.2, -0.15) is 10.5 Å². The molecule has 0 saturated carbocycles. The van der Waals surface area contributed by atoms with E-state index < -0.39 is 17.7 Å². The highest BCUT2D eigenvalue weighted by Crippen LogP contribution is 2.40. The third-order valence-corrected chi connectivity index (χ3v) is 4.60. The van der Waals surface area contributed by atoms with Crippen molar-refractivity contribution in [3.05, 3.63) is 65.2 Å². The van der Waals surface area contributed by atoms with E-state index in [0.717, 1.165) is 5.56 Å². The molecule has 0 saturated heterocycles. The second-order valence-corrected chi connectivity index (χ2v) is 7.02. The molecule has 7 heteroatoms. The highest BCUT2D eigenvalue weighted by Gasteiger charge is 2.43. The summed E-state index contributed by atoms with van der Waals surface area (Å²) in [6.07, 6.45) is 0.933. The number of fused-ring (bicyclic) bond motifs is 1. The maximum absolute atomic E-state index is 10.9. The van der Waals surface area contributed by atoms with E-state index in [9.17, 15) is 10.4 Å². The first-order chi connectivity index (χ1) is 13.4. The number of benzene rings is 2. The van der Waals surface area contributed by atoms with Gasteiger partial charge >= 0.3 is 0 Å². The summed E-state index contributed by atoms with van der Waals surface area (Å²) < 4.78 is 5.91. The Morgan fingerprint density at radius 1 is 1.21 bits per heavy atom. The van der Waals surface area contributed by atoms with Gasteiger partial charge in [0, 0.05) is 5.56 Å². The average Bonchev–Trinajstić information content (AvgIpc) is 2.70. The van der Waals surface area contributed by atoms with Crippen LogP contribution in [0.1, 0.15) is 36.6 Å². The van der Waals surface area contributed by atoms with Crippen molar-refractivity contribution in [3.63, 3.8) is 0 Å². The van der Waals surface area contributed by atoms with Gasteiger partial charge in [0.25, 0.3) is 0 Å². The quantitative estimate of drug-likeness (QED) is 0.328. The lowest BCUT2D eigenvalue weighted by Gasteiger charge is -2.42. The van der Waals surface area contributed by atoms with E-state index in [4.69, 9.17) is 10.00 Å². The molecule has 3 rings (SSSR count). The van der Waals surface area contributed by atoms with Crippen molar-refractivity contribution in [1.82, 2.24) is 10.6 Å². The maximum atomic E-state index is 10.9. The van der Waals surface area contributed by atoms with Gasteiger partial charge in [0.05, 0.1) is 24.2 Å². The van der Waals surface area contributed by atoms with Gasteiger partial charge in [-0.1, -0.05) is 30.3 Å². The van der Waals surface area contributed by atoms with Crippen LogP contribution in [0, 0.1) is 22.8 Å². The molecule has 142 valence electrons. The van der Waals surface area contributed by atoms with Crippen LogP contribution in [-0.4, -0.2) is 22.8 Å². The highest BCUT2D eigenvalue weighted by atomic mass is 16.5. The fraction of sp³-hybridized carbons (Fsp3) is 0.286. The van der Waals surface area contributed by atoms with Crippen LogP contribution in [0.4, 0.5) is 0 Å². The Morgan fingerprint density at radius 3 is 2.64 bits per heavy atom. The molecular formula is C21H21N5O2. The van der Waals surface area contributed by atoms with Crippen LogP contribution in [0.3, 0.4) is 0 Å². The SMILES string of the molecule is CC1(C)Oc2ccc(C#N)cc2[C@@H](NC(=NCc2ccccc2)NC#N)[C@@H]1O. The number of aliphatic hydroxyl groups excluding tert-OH is 1. The van der Waals surface area contributed by atoms with Crippen LogP contribution in [0.25, 0.3) is 0 Å². The Kier molecular flexibility index (Phi) is 5.49. The van der Waals surface area contributed by atoms with Crippen molar-refractivity contribution in [1.29, 1.82) is 10.5 Å². The van der Waals surface area contributed by atoms with Crippen LogP contribution in [0.5, 0.6) is 5.75 Å². The predicted octanol–water partition coefficient (Wildman–Crippen LogP) is 2.35. The van der Waals surface area contributed by atoms with E-state index >= 15 is 0 Å². The Balaban J connectivity index is 1.93. The van der Waals surface area contributed by atoms with Crippen LogP contribution in [0.15, 0.2) is 53.5 Å². The van der Waals surface area contributed by atoms with Gasteiger partial charge in [0.15, 0.2) is 6.19 Å². The standard InChI is InChI=1S/C21H21N5O2/c1-21(2)19(27)18(16-10-15(11-22)8-9-17(16)28-21)26-20(25-13-23)24-12-14-6-4-3-5-7-14/h3-10,18-19,27H,12H2,1-2H3,(H2,24,25,26)/t18-,19+/m1/s1. The number of hydrogen-bond donors (Lipinski definition) is 3.